The number of aliphatic hydroxyl groups excluding tert-OH is 3. The first-order chi connectivity index (χ1) is 8.06. The summed E-state index contributed by atoms with van der Waals surface area (Å²) in [6, 6.07) is 7.05. The number of anilines is 1. The topological polar surface area (TPSA) is 90.0 Å². The minimum absolute atomic E-state index is 0.396. The molecule has 0 amide bonds. The van der Waals surface area contributed by atoms with Gasteiger partial charge in [0.15, 0.2) is 0 Å². The maximum Gasteiger partial charge on any atom is 0.0938 e. The second kappa shape index (κ2) is 5.01. The zero-order valence-electron chi connectivity index (χ0n) is 9.53. The van der Waals surface area contributed by atoms with E-state index in [1.165, 1.54) is 0 Å². The van der Waals surface area contributed by atoms with Gasteiger partial charge in [-0.25, -0.2) is 0 Å². The Kier molecular flexibility index (Phi) is 3.63. The number of nitrogens with zero attached hydrogens (tertiary/aromatic N) is 1. The number of benzene rings is 1. The number of likely N-dealkylation sites (tertiary alicyclic amines) is 1. The van der Waals surface area contributed by atoms with Crippen LogP contribution in [0.2, 0.25) is 0 Å². The quantitative estimate of drug-likeness (QED) is 0.525. The molecule has 17 heavy (non-hydrogen) atoms. The van der Waals surface area contributed by atoms with Gasteiger partial charge in [0.05, 0.1) is 18.3 Å². The third kappa shape index (κ3) is 2.95. The smallest absolute Gasteiger partial charge is 0.0938 e. The van der Waals surface area contributed by atoms with Gasteiger partial charge in [0.25, 0.3) is 0 Å². The third-order valence-corrected chi connectivity index (χ3v) is 3.09. The van der Waals surface area contributed by atoms with Crippen molar-refractivity contribution in [1.82, 2.24) is 4.90 Å². The van der Waals surface area contributed by atoms with E-state index in [0.717, 1.165) is 5.56 Å². The number of aliphatic hydroxyl groups is 3. The van der Waals surface area contributed by atoms with Crippen molar-refractivity contribution in [2.24, 2.45) is 0 Å². The number of hydrogen-bond acceptors (Lipinski definition) is 5. The minimum atomic E-state index is -0.714. The molecule has 0 saturated carbocycles. The van der Waals surface area contributed by atoms with Crippen molar-refractivity contribution in [3.05, 3.63) is 29.8 Å². The van der Waals surface area contributed by atoms with Crippen molar-refractivity contribution in [2.75, 3.05) is 25.4 Å². The van der Waals surface area contributed by atoms with Crippen LogP contribution in [-0.4, -0.2) is 52.1 Å². The zero-order chi connectivity index (χ0) is 12.4. The fourth-order valence-corrected chi connectivity index (χ4v) is 2.06. The van der Waals surface area contributed by atoms with E-state index >= 15 is 0 Å². The van der Waals surface area contributed by atoms with Crippen LogP contribution in [0.3, 0.4) is 0 Å². The monoisotopic (exact) mass is 238 g/mol. The normalized spacial score (nSPS) is 27.2. The fraction of sp³-hybridized carbons (Fsp3) is 0.500. The van der Waals surface area contributed by atoms with Gasteiger partial charge in [-0.1, -0.05) is 12.1 Å². The summed E-state index contributed by atoms with van der Waals surface area (Å²) in [5.74, 6) is 0. The minimum Gasteiger partial charge on any atom is -0.399 e. The number of β-amino-alcohol motifs (C(OH)–C–C–N with tert-alkyl or cyclic N) is 3. The van der Waals surface area contributed by atoms with E-state index in [2.05, 4.69) is 0 Å². The van der Waals surface area contributed by atoms with Crippen molar-refractivity contribution in [2.45, 2.75) is 18.3 Å². The lowest BCUT2D eigenvalue weighted by atomic mass is 10.1. The van der Waals surface area contributed by atoms with Gasteiger partial charge >= 0.3 is 0 Å². The molecule has 0 spiro atoms. The predicted octanol–water partition coefficient (Wildman–Crippen LogP) is -0.660. The van der Waals surface area contributed by atoms with Crippen LogP contribution in [0, 0.1) is 0 Å². The molecular weight excluding hydrogens is 220 g/mol. The second-order valence-electron chi connectivity index (χ2n) is 4.54. The van der Waals surface area contributed by atoms with Crippen LogP contribution >= 0.6 is 0 Å². The van der Waals surface area contributed by atoms with Crippen molar-refractivity contribution < 1.29 is 15.3 Å². The summed E-state index contributed by atoms with van der Waals surface area (Å²) in [7, 11) is 0. The Morgan fingerprint density at radius 1 is 1.18 bits per heavy atom. The van der Waals surface area contributed by atoms with Crippen molar-refractivity contribution in [3.63, 3.8) is 0 Å². The summed E-state index contributed by atoms with van der Waals surface area (Å²) in [5, 5.41) is 28.8. The Hall–Kier alpha value is -1.14. The standard InChI is InChI=1S/C12H18N2O3/c13-9-3-1-8(2-4-9)10(15)5-14-6-11(16)12(17)7-14/h1-4,10-12,15-17H,5-7,13H2. The maximum absolute atomic E-state index is 10.00. The second-order valence-corrected chi connectivity index (χ2v) is 4.54. The zero-order valence-corrected chi connectivity index (χ0v) is 9.53. The van der Waals surface area contributed by atoms with E-state index in [1.807, 2.05) is 4.90 Å². The molecule has 3 atom stereocenters. The summed E-state index contributed by atoms with van der Waals surface area (Å²) in [5.41, 5.74) is 7.02. The van der Waals surface area contributed by atoms with Crippen LogP contribution in [0.4, 0.5) is 5.69 Å². The molecule has 1 aromatic carbocycles. The Morgan fingerprint density at radius 2 is 1.71 bits per heavy atom. The highest BCUT2D eigenvalue weighted by molar-refractivity contribution is 5.39. The van der Waals surface area contributed by atoms with Crippen molar-refractivity contribution in [1.29, 1.82) is 0 Å². The van der Waals surface area contributed by atoms with E-state index in [4.69, 9.17) is 5.73 Å². The van der Waals surface area contributed by atoms with Crippen molar-refractivity contribution in [3.8, 4) is 0 Å². The predicted molar refractivity (Wildman–Crippen MR) is 64.3 cm³/mol. The SMILES string of the molecule is Nc1ccc(C(O)CN2CC(O)C(O)C2)cc1. The van der Waals surface area contributed by atoms with Gasteiger partial charge in [0.1, 0.15) is 0 Å². The summed E-state index contributed by atoms with van der Waals surface area (Å²) in [6.45, 7) is 1.19. The molecule has 5 heteroatoms. The summed E-state index contributed by atoms with van der Waals surface area (Å²) in [4.78, 5) is 1.84. The number of rotatable bonds is 3. The van der Waals surface area contributed by atoms with E-state index in [0.29, 0.717) is 25.3 Å². The molecular formula is C12H18N2O3. The molecule has 94 valence electrons. The lowest BCUT2D eigenvalue weighted by Crippen LogP contribution is -2.27. The Labute approximate surface area is 100 Å². The maximum atomic E-state index is 10.00. The number of nitrogen functional groups attached to an aromatic ring is 1. The van der Waals surface area contributed by atoms with Gasteiger partial charge in [-0.2, -0.15) is 0 Å². The van der Waals surface area contributed by atoms with Gasteiger partial charge < -0.3 is 21.1 Å². The van der Waals surface area contributed by atoms with Crippen LogP contribution in [-0.2, 0) is 0 Å². The molecule has 2 rings (SSSR count). The molecule has 0 aliphatic carbocycles. The molecule has 1 saturated heterocycles. The van der Waals surface area contributed by atoms with Crippen LogP contribution in [0.25, 0.3) is 0 Å². The Balaban J connectivity index is 1.93. The highest BCUT2D eigenvalue weighted by Gasteiger charge is 2.30. The first kappa shape index (κ1) is 12.3. The Morgan fingerprint density at radius 3 is 2.24 bits per heavy atom. The summed E-state index contributed by atoms with van der Waals surface area (Å²) < 4.78 is 0. The molecule has 1 aromatic rings. The first-order valence-corrected chi connectivity index (χ1v) is 5.68. The van der Waals surface area contributed by atoms with E-state index in [-0.39, 0.29) is 0 Å². The lowest BCUT2D eigenvalue weighted by Gasteiger charge is -2.19. The Bertz CT molecular complexity index is 359. The fourth-order valence-electron chi connectivity index (χ4n) is 2.06. The third-order valence-electron chi connectivity index (χ3n) is 3.09. The highest BCUT2D eigenvalue weighted by Crippen LogP contribution is 2.19. The molecule has 0 aromatic heterocycles. The average molecular weight is 238 g/mol. The highest BCUT2D eigenvalue weighted by atomic mass is 16.3. The van der Waals surface area contributed by atoms with Gasteiger partial charge in [0, 0.05) is 25.3 Å². The molecule has 0 radical (unpaired) electrons. The van der Waals surface area contributed by atoms with Gasteiger partial charge in [-0.15, -0.1) is 0 Å². The van der Waals surface area contributed by atoms with E-state index in [1.54, 1.807) is 24.3 Å². The van der Waals surface area contributed by atoms with Gasteiger partial charge in [-0.3, -0.25) is 4.90 Å². The van der Waals surface area contributed by atoms with E-state index in [9.17, 15) is 15.3 Å². The van der Waals surface area contributed by atoms with Crippen LogP contribution < -0.4 is 5.73 Å². The van der Waals surface area contributed by atoms with Crippen LogP contribution in [0.1, 0.15) is 11.7 Å². The first-order valence-electron chi connectivity index (χ1n) is 5.68. The molecule has 5 nitrogen and oxygen atoms in total. The lowest BCUT2D eigenvalue weighted by molar-refractivity contribution is 0.0572. The number of hydrogen-bond donors (Lipinski definition) is 4. The molecule has 1 fully saturated rings. The average Bonchev–Trinajstić information content (AvgIpc) is 2.58. The summed E-state index contributed by atoms with van der Waals surface area (Å²) >= 11 is 0. The molecule has 5 N–H and O–H groups in total. The van der Waals surface area contributed by atoms with Crippen LogP contribution in [0.5, 0.6) is 0 Å². The van der Waals surface area contributed by atoms with Crippen molar-refractivity contribution >= 4 is 5.69 Å². The molecule has 0 bridgehead atoms. The molecule has 1 heterocycles. The molecule has 1 aliphatic rings. The van der Waals surface area contributed by atoms with Gasteiger partial charge in [-0.05, 0) is 17.7 Å². The molecule has 3 unspecified atom stereocenters. The summed E-state index contributed by atoms with van der Waals surface area (Å²) in [6.07, 6.45) is -2.06. The number of nitrogens with two attached hydrogens (primary N) is 1. The van der Waals surface area contributed by atoms with Crippen LogP contribution in [0.15, 0.2) is 24.3 Å². The largest absolute Gasteiger partial charge is 0.399 e. The van der Waals surface area contributed by atoms with E-state index < -0.39 is 18.3 Å². The molecule has 1 aliphatic heterocycles. The van der Waals surface area contributed by atoms with Gasteiger partial charge in [0.2, 0.25) is 0 Å².